The van der Waals surface area contributed by atoms with Gasteiger partial charge in [0.15, 0.2) is 5.79 Å². The third-order valence-corrected chi connectivity index (χ3v) is 3.52. The number of esters is 2. The van der Waals surface area contributed by atoms with Crippen molar-refractivity contribution in [3.63, 3.8) is 0 Å². The Morgan fingerprint density at radius 1 is 1.32 bits per heavy atom. The van der Waals surface area contributed by atoms with Crippen LogP contribution in [0.5, 0.6) is 0 Å². The van der Waals surface area contributed by atoms with Crippen molar-refractivity contribution in [2.24, 2.45) is 0 Å². The fourth-order valence-corrected chi connectivity index (χ4v) is 2.35. The van der Waals surface area contributed by atoms with E-state index in [2.05, 4.69) is 4.74 Å². The van der Waals surface area contributed by atoms with Crippen molar-refractivity contribution in [2.75, 3.05) is 13.2 Å². The summed E-state index contributed by atoms with van der Waals surface area (Å²) < 4.78 is 49.1. The molecule has 1 aliphatic heterocycles. The summed E-state index contributed by atoms with van der Waals surface area (Å²) in [4.78, 5) is 23.9. The highest BCUT2D eigenvalue weighted by Gasteiger charge is 2.58. The van der Waals surface area contributed by atoms with Gasteiger partial charge in [-0.1, -0.05) is 18.2 Å². The maximum absolute atomic E-state index is 14.6. The van der Waals surface area contributed by atoms with Gasteiger partial charge in [-0.3, -0.25) is 0 Å². The molecule has 138 valence electrons. The number of halogens is 2. The summed E-state index contributed by atoms with van der Waals surface area (Å²) >= 11 is 0. The molecule has 0 amide bonds. The lowest BCUT2D eigenvalue weighted by Crippen LogP contribution is -2.52. The molecule has 1 aromatic rings. The third kappa shape index (κ3) is 4.52. The lowest BCUT2D eigenvalue weighted by Gasteiger charge is -2.29. The maximum Gasteiger partial charge on any atom is 0.381 e. The fraction of sp³-hybridized carbons (Fsp3) is 0.529. The van der Waals surface area contributed by atoms with Crippen LogP contribution in [0.4, 0.5) is 8.78 Å². The van der Waals surface area contributed by atoms with Crippen molar-refractivity contribution in [3.05, 3.63) is 35.9 Å². The molecule has 0 saturated carbocycles. The summed E-state index contributed by atoms with van der Waals surface area (Å²) in [5, 5.41) is 0. The predicted octanol–water partition coefficient (Wildman–Crippen LogP) is 2.56. The number of ether oxygens (including phenoxy) is 4. The molecule has 1 aromatic carbocycles. The average molecular weight is 358 g/mol. The summed E-state index contributed by atoms with van der Waals surface area (Å²) in [5.74, 6) is -8.00. The van der Waals surface area contributed by atoms with Gasteiger partial charge in [0.05, 0.1) is 18.8 Å². The van der Waals surface area contributed by atoms with Crippen molar-refractivity contribution in [3.8, 4) is 0 Å². The van der Waals surface area contributed by atoms with Crippen LogP contribution in [0.1, 0.15) is 31.1 Å². The largest absolute Gasteiger partial charge is 0.461 e. The van der Waals surface area contributed by atoms with Gasteiger partial charge in [-0.25, -0.2) is 9.59 Å². The van der Waals surface area contributed by atoms with Crippen LogP contribution in [0.3, 0.4) is 0 Å². The first-order valence-corrected chi connectivity index (χ1v) is 7.80. The van der Waals surface area contributed by atoms with Gasteiger partial charge >= 0.3 is 17.9 Å². The van der Waals surface area contributed by atoms with E-state index in [-0.39, 0.29) is 18.8 Å². The van der Waals surface area contributed by atoms with E-state index in [1.54, 1.807) is 18.2 Å². The van der Waals surface area contributed by atoms with Gasteiger partial charge in [0.25, 0.3) is 0 Å². The van der Waals surface area contributed by atoms with Gasteiger partial charge in [-0.05, 0) is 32.9 Å². The van der Waals surface area contributed by atoms with Crippen LogP contribution in [0, 0.1) is 0 Å². The van der Waals surface area contributed by atoms with Crippen LogP contribution >= 0.6 is 0 Å². The van der Waals surface area contributed by atoms with E-state index in [4.69, 9.17) is 14.2 Å². The van der Waals surface area contributed by atoms with Crippen molar-refractivity contribution in [1.82, 2.24) is 0 Å². The zero-order valence-corrected chi connectivity index (χ0v) is 14.2. The molecule has 1 unspecified atom stereocenters. The van der Waals surface area contributed by atoms with Crippen LogP contribution in [0.25, 0.3) is 0 Å². The van der Waals surface area contributed by atoms with E-state index in [1.807, 2.05) is 0 Å². The lowest BCUT2D eigenvalue weighted by molar-refractivity contribution is -0.210. The molecule has 0 aliphatic carbocycles. The number of hydrogen-bond acceptors (Lipinski definition) is 6. The molecule has 1 heterocycles. The second-order valence-corrected chi connectivity index (χ2v) is 5.90. The smallest absolute Gasteiger partial charge is 0.381 e. The summed E-state index contributed by atoms with van der Waals surface area (Å²) in [7, 11) is 0. The second kappa shape index (κ2) is 7.45. The monoisotopic (exact) mass is 358 g/mol. The molecule has 1 saturated heterocycles. The molecular formula is C17H20F2O6. The Kier molecular flexibility index (Phi) is 5.74. The second-order valence-electron chi connectivity index (χ2n) is 5.90. The van der Waals surface area contributed by atoms with Gasteiger partial charge in [-0.2, -0.15) is 8.78 Å². The average Bonchev–Trinajstić information content (AvgIpc) is 2.92. The SMILES string of the molecule is CCOC(=O)C(F)(F)C(OC(=O)c1ccccc1)[C@H]1COC(C)(C)O1. The third-order valence-electron chi connectivity index (χ3n) is 3.52. The Hall–Kier alpha value is -2.06. The number of alkyl halides is 2. The van der Waals surface area contributed by atoms with Crippen LogP contribution in [0.2, 0.25) is 0 Å². The van der Waals surface area contributed by atoms with Crippen LogP contribution in [-0.2, 0) is 23.7 Å². The first-order chi connectivity index (χ1) is 11.7. The summed E-state index contributed by atoms with van der Waals surface area (Å²) in [6.07, 6.45) is -3.50. The van der Waals surface area contributed by atoms with Crippen molar-refractivity contribution in [1.29, 1.82) is 0 Å². The molecule has 0 N–H and O–H groups in total. The molecule has 2 rings (SSSR count). The van der Waals surface area contributed by atoms with E-state index >= 15 is 0 Å². The number of benzene rings is 1. The zero-order chi connectivity index (χ0) is 18.7. The van der Waals surface area contributed by atoms with E-state index in [9.17, 15) is 18.4 Å². The Labute approximate surface area is 144 Å². The highest BCUT2D eigenvalue weighted by Crippen LogP contribution is 2.34. The Morgan fingerprint density at radius 3 is 2.48 bits per heavy atom. The summed E-state index contributed by atoms with van der Waals surface area (Å²) in [6, 6.07) is 7.62. The molecule has 1 fully saturated rings. The lowest BCUT2D eigenvalue weighted by atomic mass is 10.1. The zero-order valence-electron chi connectivity index (χ0n) is 14.2. The van der Waals surface area contributed by atoms with Crippen LogP contribution in [-0.4, -0.2) is 49.1 Å². The molecule has 0 bridgehead atoms. The van der Waals surface area contributed by atoms with Gasteiger partial charge in [0, 0.05) is 0 Å². The minimum absolute atomic E-state index is 0.0744. The highest BCUT2D eigenvalue weighted by molar-refractivity contribution is 5.90. The predicted molar refractivity (Wildman–Crippen MR) is 82.1 cm³/mol. The van der Waals surface area contributed by atoms with Gasteiger partial charge in [0.2, 0.25) is 6.10 Å². The van der Waals surface area contributed by atoms with Gasteiger partial charge in [-0.15, -0.1) is 0 Å². The van der Waals surface area contributed by atoms with E-state index in [0.29, 0.717) is 0 Å². The maximum atomic E-state index is 14.6. The fourth-order valence-electron chi connectivity index (χ4n) is 2.35. The summed E-state index contributed by atoms with van der Waals surface area (Å²) in [6.45, 7) is 3.98. The Balaban J connectivity index is 2.26. The first kappa shape index (κ1) is 19.3. The number of carbonyl (C=O) groups excluding carboxylic acids is 2. The molecule has 0 spiro atoms. The quantitative estimate of drug-likeness (QED) is 0.728. The van der Waals surface area contributed by atoms with E-state index in [0.717, 1.165) is 0 Å². The number of hydrogen-bond donors (Lipinski definition) is 0. The molecule has 8 heteroatoms. The van der Waals surface area contributed by atoms with Crippen molar-refractivity contribution >= 4 is 11.9 Å². The standard InChI is InChI=1S/C17H20F2O6/c1-4-22-15(21)17(18,19)13(12-10-23-16(2,3)25-12)24-14(20)11-8-6-5-7-9-11/h5-9,12-13H,4,10H2,1-3H3/t12-,13?/m1/s1. The topological polar surface area (TPSA) is 71.1 Å². The highest BCUT2D eigenvalue weighted by atomic mass is 19.3. The van der Waals surface area contributed by atoms with E-state index in [1.165, 1.54) is 32.9 Å². The normalized spacial score (nSPS) is 20.8. The molecule has 1 aliphatic rings. The molecule has 6 nitrogen and oxygen atoms in total. The minimum atomic E-state index is -4.09. The number of rotatable bonds is 6. The molecular weight excluding hydrogens is 338 g/mol. The van der Waals surface area contributed by atoms with E-state index < -0.39 is 35.9 Å². The van der Waals surface area contributed by atoms with Crippen LogP contribution in [0.15, 0.2) is 30.3 Å². The molecule has 0 aromatic heterocycles. The van der Waals surface area contributed by atoms with Crippen molar-refractivity contribution in [2.45, 2.75) is 44.7 Å². The minimum Gasteiger partial charge on any atom is -0.461 e. The van der Waals surface area contributed by atoms with Gasteiger partial charge in [0.1, 0.15) is 6.10 Å². The van der Waals surface area contributed by atoms with Crippen LogP contribution < -0.4 is 0 Å². The number of carbonyl (C=O) groups is 2. The molecule has 2 atom stereocenters. The molecule has 0 radical (unpaired) electrons. The Bertz CT molecular complexity index is 617. The Morgan fingerprint density at radius 2 is 1.96 bits per heavy atom. The van der Waals surface area contributed by atoms with Crippen molar-refractivity contribution < 1.29 is 37.3 Å². The summed E-state index contributed by atoms with van der Waals surface area (Å²) in [5.41, 5.74) is 0.0744. The van der Waals surface area contributed by atoms with Gasteiger partial charge < -0.3 is 18.9 Å². The molecule has 25 heavy (non-hydrogen) atoms. The first-order valence-electron chi connectivity index (χ1n) is 7.80.